The molecule has 70 valence electrons. The van der Waals surface area contributed by atoms with Crippen molar-refractivity contribution in [2.75, 3.05) is 0 Å². The van der Waals surface area contributed by atoms with Gasteiger partial charge < -0.3 is 0 Å². The molecule has 0 aromatic heterocycles. The Kier molecular flexibility index (Phi) is 3.75. The number of hydrogen-bond acceptors (Lipinski definition) is 0. The first-order chi connectivity index (χ1) is 6.24. The maximum absolute atomic E-state index is 2.23. The third-order valence-electron chi connectivity index (χ3n) is 2.39. The number of benzene rings is 1. The molecule has 1 rings (SSSR count). The van der Waals surface area contributed by atoms with Gasteiger partial charge in [-0.3, -0.25) is 0 Å². The standard InChI is InChI=1S/C13H18/c1-4-13(11(2)3)10-12-8-6-5-7-9-12/h5-9H,4,10H2,1-3H3. The van der Waals surface area contributed by atoms with Crippen LogP contribution in [0.2, 0.25) is 0 Å². The third kappa shape index (κ3) is 3.06. The normalized spacial score (nSPS) is 9.77. The molecule has 0 aliphatic rings. The largest absolute Gasteiger partial charge is 0.0769 e. The predicted octanol–water partition coefficient (Wildman–Crippen LogP) is 3.98. The Bertz CT molecular complexity index is 276. The first-order valence-electron chi connectivity index (χ1n) is 4.93. The second kappa shape index (κ2) is 4.86. The lowest BCUT2D eigenvalue weighted by Crippen LogP contribution is -1.91. The average Bonchev–Trinajstić information content (AvgIpc) is 2.15. The SMILES string of the molecule is CCC(Cc1ccccc1)=C(C)C. The molecule has 0 aliphatic heterocycles. The molecule has 0 fully saturated rings. The lowest BCUT2D eigenvalue weighted by atomic mass is 9.99. The molecule has 0 amide bonds. The zero-order chi connectivity index (χ0) is 9.68. The highest BCUT2D eigenvalue weighted by Gasteiger charge is 1.98. The maximum atomic E-state index is 2.23. The van der Waals surface area contributed by atoms with Crippen molar-refractivity contribution >= 4 is 0 Å². The van der Waals surface area contributed by atoms with Crippen molar-refractivity contribution < 1.29 is 0 Å². The highest BCUT2D eigenvalue weighted by atomic mass is 14.0. The molecule has 0 radical (unpaired) electrons. The molecule has 0 aliphatic carbocycles. The summed E-state index contributed by atoms with van der Waals surface area (Å²) in [7, 11) is 0. The predicted molar refractivity (Wildman–Crippen MR) is 58.8 cm³/mol. The van der Waals surface area contributed by atoms with Gasteiger partial charge in [-0.15, -0.1) is 0 Å². The van der Waals surface area contributed by atoms with Gasteiger partial charge in [-0.2, -0.15) is 0 Å². The van der Waals surface area contributed by atoms with Crippen LogP contribution in [0.3, 0.4) is 0 Å². The summed E-state index contributed by atoms with van der Waals surface area (Å²) < 4.78 is 0. The van der Waals surface area contributed by atoms with E-state index in [0.717, 1.165) is 12.8 Å². The van der Waals surface area contributed by atoms with Crippen molar-refractivity contribution in [3.63, 3.8) is 0 Å². The monoisotopic (exact) mass is 174 g/mol. The Balaban J connectivity index is 2.74. The molecule has 0 unspecified atom stereocenters. The summed E-state index contributed by atoms with van der Waals surface area (Å²) in [6, 6.07) is 10.7. The summed E-state index contributed by atoms with van der Waals surface area (Å²) >= 11 is 0. The summed E-state index contributed by atoms with van der Waals surface area (Å²) in [4.78, 5) is 0. The molecule has 1 aromatic rings. The summed E-state index contributed by atoms with van der Waals surface area (Å²) in [6.07, 6.45) is 2.27. The third-order valence-corrected chi connectivity index (χ3v) is 2.39. The van der Waals surface area contributed by atoms with Crippen LogP contribution in [-0.2, 0) is 6.42 Å². The number of hydrogen-bond donors (Lipinski definition) is 0. The van der Waals surface area contributed by atoms with E-state index in [1.54, 1.807) is 5.57 Å². The van der Waals surface area contributed by atoms with Crippen LogP contribution in [0.15, 0.2) is 41.5 Å². The van der Waals surface area contributed by atoms with Gasteiger partial charge in [0.25, 0.3) is 0 Å². The van der Waals surface area contributed by atoms with Crippen molar-refractivity contribution in [3.8, 4) is 0 Å². The molecule has 1 aromatic carbocycles. The second-order valence-corrected chi connectivity index (χ2v) is 3.62. The van der Waals surface area contributed by atoms with Gasteiger partial charge >= 0.3 is 0 Å². The summed E-state index contributed by atoms with van der Waals surface area (Å²) in [5.41, 5.74) is 4.44. The van der Waals surface area contributed by atoms with Crippen LogP contribution >= 0.6 is 0 Å². The second-order valence-electron chi connectivity index (χ2n) is 3.62. The fourth-order valence-corrected chi connectivity index (χ4v) is 1.50. The Morgan fingerprint density at radius 3 is 2.15 bits per heavy atom. The molecule has 0 atom stereocenters. The minimum atomic E-state index is 1.11. The topological polar surface area (TPSA) is 0 Å². The van der Waals surface area contributed by atoms with E-state index in [0.29, 0.717) is 0 Å². The average molecular weight is 174 g/mol. The minimum Gasteiger partial charge on any atom is -0.0769 e. The highest BCUT2D eigenvalue weighted by molar-refractivity contribution is 5.23. The summed E-state index contributed by atoms with van der Waals surface area (Å²) in [6.45, 7) is 6.62. The zero-order valence-electron chi connectivity index (χ0n) is 8.80. The van der Waals surface area contributed by atoms with Gasteiger partial charge in [-0.25, -0.2) is 0 Å². The molecule has 0 saturated carbocycles. The molecule has 0 nitrogen and oxygen atoms in total. The van der Waals surface area contributed by atoms with Gasteiger partial charge in [-0.1, -0.05) is 48.4 Å². The van der Waals surface area contributed by atoms with Crippen LogP contribution in [0.4, 0.5) is 0 Å². The smallest absolute Gasteiger partial charge is 0.00647 e. The lowest BCUT2D eigenvalue weighted by Gasteiger charge is -2.06. The van der Waals surface area contributed by atoms with Gasteiger partial charge in [0.05, 0.1) is 0 Å². The Labute approximate surface area is 81.3 Å². The fourth-order valence-electron chi connectivity index (χ4n) is 1.50. The van der Waals surface area contributed by atoms with Crippen LogP contribution in [0, 0.1) is 0 Å². The van der Waals surface area contributed by atoms with E-state index in [1.807, 2.05) is 0 Å². The molecule has 0 heterocycles. The van der Waals surface area contributed by atoms with E-state index >= 15 is 0 Å². The summed E-state index contributed by atoms with van der Waals surface area (Å²) in [5, 5.41) is 0. The van der Waals surface area contributed by atoms with E-state index in [1.165, 1.54) is 11.1 Å². The lowest BCUT2D eigenvalue weighted by molar-refractivity contribution is 0.969. The van der Waals surface area contributed by atoms with Gasteiger partial charge in [0.1, 0.15) is 0 Å². The zero-order valence-corrected chi connectivity index (χ0v) is 8.80. The van der Waals surface area contributed by atoms with Crippen LogP contribution in [-0.4, -0.2) is 0 Å². The molecular formula is C13H18. The van der Waals surface area contributed by atoms with Crippen LogP contribution in [0.25, 0.3) is 0 Å². The molecular weight excluding hydrogens is 156 g/mol. The van der Waals surface area contributed by atoms with Crippen LogP contribution in [0.1, 0.15) is 32.8 Å². The Morgan fingerprint density at radius 1 is 1.08 bits per heavy atom. The van der Waals surface area contributed by atoms with Crippen molar-refractivity contribution in [1.29, 1.82) is 0 Å². The molecule has 0 heteroatoms. The highest BCUT2D eigenvalue weighted by Crippen LogP contribution is 2.14. The van der Waals surface area contributed by atoms with Gasteiger partial charge in [0, 0.05) is 0 Å². The van der Waals surface area contributed by atoms with Gasteiger partial charge in [-0.05, 0) is 32.3 Å². The van der Waals surface area contributed by atoms with Crippen molar-refractivity contribution in [1.82, 2.24) is 0 Å². The van der Waals surface area contributed by atoms with Gasteiger partial charge in [0.2, 0.25) is 0 Å². The number of allylic oxidation sites excluding steroid dienone is 2. The minimum absolute atomic E-state index is 1.11. The van der Waals surface area contributed by atoms with E-state index < -0.39 is 0 Å². The van der Waals surface area contributed by atoms with E-state index in [4.69, 9.17) is 0 Å². The summed E-state index contributed by atoms with van der Waals surface area (Å²) in [5.74, 6) is 0. The van der Waals surface area contributed by atoms with E-state index in [-0.39, 0.29) is 0 Å². The first kappa shape index (κ1) is 10.0. The van der Waals surface area contributed by atoms with Crippen LogP contribution in [0.5, 0.6) is 0 Å². The molecule has 0 bridgehead atoms. The Morgan fingerprint density at radius 2 is 1.69 bits per heavy atom. The maximum Gasteiger partial charge on any atom is -0.00647 e. The fraction of sp³-hybridized carbons (Fsp3) is 0.385. The number of rotatable bonds is 3. The van der Waals surface area contributed by atoms with Crippen LogP contribution < -0.4 is 0 Å². The van der Waals surface area contributed by atoms with E-state index in [9.17, 15) is 0 Å². The molecule has 0 N–H and O–H groups in total. The molecule has 0 saturated heterocycles. The Hall–Kier alpha value is -1.04. The molecule has 0 spiro atoms. The van der Waals surface area contributed by atoms with E-state index in [2.05, 4.69) is 51.1 Å². The quantitative estimate of drug-likeness (QED) is 0.608. The molecule has 13 heavy (non-hydrogen) atoms. The van der Waals surface area contributed by atoms with Crippen molar-refractivity contribution in [2.24, 2.45) is 0 Å². The first-order valence-corrected chi connectivity index (χ1v) is 4.93. The van der Waals surface area contributed by atoms with Crippen molar-refractivity contribution in [2.45, 2.75) is 33.6 Å². The van der Waals surface area contributed by atoms with Gasteiger partial charge in [0.15, 0.2) is 0 Å². The van der Waals surface area contributed by atoms with Crippen molar-refractivity contribution in [3.05, 3.63) is 47.0 Å².